The Bertz CT molecular complexity index is 789. The highest BCUT2D eigenvalue weighted by Crippen LogP contribution is 2.15. The number of hydrogen-bond acceptors (Lipinski definition) is 4. The first-order valence-corrected chi connectivity index (χ1v) is 10.9. The highest BCUT2D eigenvalue weighted by Gasteiger charge is 2.22. The zero-order chi connectivity index (χ0) is 20.5. The minimum atomic E-state index is 0. The molecule has 1 saturated heterocycles. The monoisotopic (exact) mass is 525 g/mol. The molecule has 8 heteroatoms. The minimum Gasteiger partial charge on any atom is -0.355 e. The number of rotatable bonds is 9. The summed E-state index contributed by atoms with van der Waals surface area (Å²) in [6.07, 6.45) is 5.24. The molecular formula is C22H36IN7. The van der Waals surface area contributed by atoms with Gasteiger partial charge in [0.15, 0.2) is 5.96 Å². The number of nitrogens with zero attached hydrogens (tertiary/aromatic N) is 5. The highest BCUT2D eigenvalue weighted by molar-refractivity contribution is 14.0. The number of guanidine groups is 1. The minimum absolute atomic E-state index is 0. The molecule has 0 saturated carbocycles. The predicted molar refractivity (Wildman–Crippen MR) is 133 cm³/mol. The molecule has 1 aliphatic heterocycles. The topological polar surface area (TPSA) is 70.4 Å². The Morgan fingerprint density at radius 3 is 2.83 bits per heavy atom. The average Bonchev–Trinajstić information content (AvgIpc) is 3.39. The zero-order valence-corrected chi connectivity index (χ0v) is 20.8. The molecule has 1 fully saturated rings. The van der Waals surface area contributed by atoms with Crippen LogP contribution in [-0.4, -0.2) is 57.8 Å². The lowest BCUT2D eigenvalue weighted by molar-refractivity contribution is 0.267. The van der Waals surface area contributed by atoms with Gasteiger partial charge in [0.2, 0.25) is 0 Å². The number of likely N-dealkylation sites (N-methyl/N-ethyl adjacent to an activating group) is 1. The van der Waals surface area contributed by atoms with Crippen LogP contribution in [0.5, 0.6) is 0 Å². The fourth-order valence-corrected chi connectivity index (χ4v) is 3.92. The lowest BCUT2D eigenvalue weighted by Gasteiger charge is -2.24. The van der Waals surface area contributed by atoms with Crippen molar-refractivity contribution in [3.8, 4) is 0 Å². The number of nitrogens with one attached hydrogen (secondary N) is 2. The van der Waals surface area contributed by atoms with E-state index in [1.165, 1.54) is 30.5 Å². The predicted octanol–water partition coefficient (Wildman–Crippen LogP) is 2.99. The molecule has 3 rings (SSSR count). The number of likely N-dealkylation sites (tertiary alicyclic amines) is 1. The Balaban J connectivity index is 0.00000320. The summed E-state index contributed by atoms with van der Waals surface area (Å²) in [4.78, 5) is 7.42. The van der Waals surface area contributed by atoms with Crippen LogP contribution >= 0.6 is 24.0 Å². The number of hydrogen-bond donors (Lipinski definition) is 2. The maximum Gasteiger partial charge on any atom is 0.191 e. The van der Waals surface area contributed by atoms with Crippen molar-refractivity contribution >= 4 is 29.9 Å². The molecule has 2 heterocycles. The first-order valence-electron chi connectivity index (χ1n) is 10.9. The van der Waals surface area contributed by atoms with Gasteiger partial charge in [-0.1, -0.05) is 38.1 Å². The van der Waals surface area contributed by atoms with E-state index >= 15 is 0 Å². The van der Waals surface area contributed by atoms with Crippen LogP contribution in [0.15, 0.2) is 35.6 Å². The number of aryl methyl sites for hydroxylation is 2. The van der Waals surface area contributed by atoms with E-state index in [-0.39, 0.29) is 24.0 Å². The average molecular weight is 525 g/mol. The molecule has 1 atom stereocenters. The van der Waals surface area contributed by atoms with E-state index in [2.05, 4.69) is 75.3 Å². The second-order valence-electron chi connectivity index (χ2n) is 7.62. The largest absolute Gasteiger partial charge is 0.355 e. The second kappa shape index (κ2) is 12.9. The van der Waals surface area contributed by atoms with Crippen molar-refractivity contribution in [1.29, 1.82) is 0 Å². The molecule has 7 nitrogen and oxygen atoms in total. The third-order valence-electron chi connectivity index (χ3n) is 5.74. The van der Waals surface area contributed by atoms with Gasteiger partial charge in [-0.2, -0.15) is 0 Å². The molecule has 1 aromatic carbocycles. The molecule has 0 radical (unpaired) electrons. The summed E-state index contributed by atoms with van der Waals surface area (Å²) in [5.41, 5.74) is 2.54. The van der Waals surface area contributed by atoms with Crippen LogP contribution in [0.25, 0.3) is 0 Å². The summed E-state index contributed by atoms with van der Waals surface area (Å²) in [6.45, 7) is 12.0. The molecule has 0 aliphatic carbocycles. The maximum absolute atomic E-state index is 4.86. The third kappa shape index (κ3) is 6.94. The smallest absolute Gasteiger partial charge is 0.191 e. The molecule has 2 N–H and O–H groups in total. The van der Waals surface area contributed by atoms with Crippen molar-refractivity contribution in [3.63, 3.8) is 0 Å². The molecule has 1 aliphatic rings. The van der Waals surface area contributed by atoms with Crippen molar-refractivity contribution in [3.05, 3.63) is 47.5 Å². The summed E-state index contributed by atoms with van der Waals surface area (Å²) in [6, 6.07) is 9.03. The first kappa shape index (κ1) is 24.6. The SMILES string of the molecule is CCc1nncn1CCNC(=NCc1ccccc1C)NCC1CCCN1CC.I. The van der Waals surface area contributed by atoms with Gasteiger partial charge in [-0.3, -0.25) is 4.90 Å². The van der Waals surface area contributed by atoms with Crippen molar-refractivity contribution in [2.45, 2.75) is 59.2 Å². The summed E-state index contributed by atoms with van der Waals surface area (Å²) in [7, 11) is 0. The van der Waals surface area contributed by atoms with E-state index in [0.717, 1.165) is 44.4 Å². The van der Waals surface area contributed by atoms with Crippen LogP contribution in [0.3, 0.4) is 0 Å². The van der Waals surface area contributed by atoms with Gasteiger partial charge in [0.1, 0.15) is 12.2 Å². The number of halogens is 1. The Hall–Kier alpha value is -1.68. The van der Waals surface area contributed by atoms with Crippen molar-refractivity contribution in [2.24, 2.45) is 4.99 Å². The molecule has 1 unspecified atom stereocenters. The molecular weight excluding hydrogens is 489 g/mol. The van der Waals surface area contributed by atoms with Gasteiger partial charge in [-0.15, -0.1) is 34.2 Å². The van der Waals surface area contributed by atoms with Crippen molar-refractivity contribution in [1.82, 2.24) is 30.3 Å². The normalized spacial score (nSPS) is 17.0. The number of aromatic nitrogens is 3. The quantitative estimate of drug-likeness (QED) is 0.299. The Labute approximate surface area is 197 Å². The van der Waals surface area contributed by atoms with Gasteiger partial charge < -0.3 is 15.2 Å². The molecule has 0 amide bonds. The van der Waals surface area contributed by atoms with Gasteiger partial charge in [0.05, 0.1) is 6.54 Å². The zero-order valence-electron chi connectivity index (χ0n) is 18.5. The maximum atomic E-state index is 4.86. The van der Waals surface area contributed by atoms with Crippen LogP contribution in [-0.2, 0) is 19.5 Å². The van der Waals surface area contributed by atoms with Crippen molar-refractivity contribution in [2.75, 3.05) is 26.2 Å². The molecule has 0 spiro atoms. The highest BCUT2D eigenvalue weighted by atomic mass is 127. The van der Waals surface area contributed by atoms with Crippen LogP contribution < -0.4 is 10.6 Å². The van der Waals surface area contributed by atoms with Gasteiger partial charge in [0.25, 0.3) is 0 Å². The molecule has 2 aromatic rings. The fraction of sp³-hybridized carbons (Fsp3) is 0.591. The fourth-order valence-electron chi connectivity index (χ4n) is 3.92. The molecule has 0 bridgehead atoms. The van der Waals surface area contributed by atoms with E-state index in [9.17, 15) is 0 Å². The van der Waals surface area contributed by atoms with Crippen LogP contribution in [0.1, 0.15) is 43.6 Å². The Kier molecular flexibility index (Phi) is 10.6. The Morgan fingerprint density at radius 2 is 2.07 bits per heavy atom. The summed E-state index contributed by atoms with van der Waals surface area (Å²) < 4.78 is 2.10. The summed E-state index contributed by atoms with van der Waals surface area (Å²) >= 11 is 0. The third-order valence-corrected chi connectivity index (χ3v) is 5.74. The molecule has 30 heavy (non-hydrogen) atoms. The van der Waals surface area contributed by atoms with Crippen LogP contribution in [0.2, 0.25) is 0 Å². The van der Waals surface area contributed by atoms with E-state index in [1.54, 1.807) is 6.33 Å². The molecule has 1 aromatic heterocycles. The van der Waals surface area contributed by atoms with Gasteiger partial charge in [-0.25, -0.2) is 4.99 Å². The number of aliphatic imine (C=N–C) groups is 1. The van der Waals surface area contributed by atoms with Gasteiger partial charge in [-0.05, 0) is 44.0 Å². The van der Waals surface area contributed by atoms with E-state index in [4.69, 9.17) is 4.99 Å². The van der Waals surface area contributed by atoms with E-state index in [0.29, 0.717) is 12.6 Å². The summed E-state index contributed by atoms with van der Waals surface area (Å²) in [5.74, 6) is 1.89. The lowest BCUT2D eigenvalue weighted by atomic mass is 10.1. The Morgan fingerprint density at radius 1 is 1.23 bits per heavy atom. The standard InChI is InChI=1S/C22H35N7.HI/c1-4-21-27-26-17-29(21)14-12-23-22(24-15-19-10-7-6-9-18(19)3)25-16-20-11-8-13-28(20)5-2;/h6-7,9-10,17,20H,4-5,8,11-16H2,1-3H3,(H2,23,24,25);1H. The van der Waals surface area contributed by atoms with Crippen LogP contribution in [0, 0.1) is 6.92 Å². The van der Waals surface area contributed by atoms with Crippen LogP contribution in [0.4, 0.5) is 0 Å². The van der Waals surface area contributed by atoms with E-state index in [1.807, 2.05) is 0 Å². The van der Waals surface area contributed by atoms with Gasteiger partial charge in [0, 0.05) is 32.1 Å². The van der Waals surface area contributed by atoms with Crippen molar-refractivity contribution < 1.29 is 0 Å². The van der Waals surface area contributed by atoms with Gasteiger partial charge >= 0.3 is 0 Å². The molecule has 166 valence electrons. The lowest BCUT2D eigenvalue weighted by Crippen LogP contribution is -2.45. The second-order valence-corrected chi connectivity index (χ2v) is 7.62. The number of benzene rings is 1. The first-order chi connectivity index (χ1) is 14.2. The summed E-state index contributed by atoms with van der Waals surface area (Å²) in [5, 5.41) is 15.3. The van der Waals surface area contributed by atoms with E-state index < -0.39 is 0 Å².